The van der Waals surface area contributed by atoms with E-state index in [-0.39, 0.29) is 10.6 Å². The molecule has 0 atom stereocenters. The van der Waals surface area contributed by atoms with Crippen LogP contribution >= 0.6 is 0 Å². The molecule has 0 aliphatic heterocycles. The lowest BCUT2D eigenvalue weighted by molar-refractivity contribution is -0.385. The maximum absolute atomic E-state index is 11.2. The zero-order valence-corrected chi connectivity index (χ0v) is 12.2. The second kappa shape index (κ2) is 4.87. The first kappa shape index (κ1) is 13.6. The first-order valence-electron chi connectivity index (χ1n) is 7.11. The summed E-state index contributed by atoms with van der Waals surface area (Å²) >= 11 is 0. The minimum Gasteiger partial charge on any atom is -0.382 e. The van der Waals surface area contributed by atoms with Crippen molar-refractivity contribution < 1.29 is 4.92 Å². The number of nitrogens with zero attached hydrogens (tertiary/aromatic N) is 3. The summed E-state index contributed by atoms with van der Waals surface area (Å²) in [5.41, 5.74) is 10.7. The molecular formula is C15H18N4O2. The molecule has 0 saturated heterocycles. The Morgan fingerprint density at radius 3 is 2.67 bits per heavy atom. The lowest BCUT2D eigenvalue weighted by atomic mass is 9.97. The molecule has 110 valence electrons. The number of aryl methyl sites for hydroxylation is 2. The fourth-order valence-electron chi connectivity index (χ4n) is 3.08. The van der Waals surface area contributed by atoms with Crippen LogP contribution in [0.15, 0.2) is 12.1 Å². The molecule has 3 rings (SSSR count). The van der Waals surface area contributed by atoms with Crippen molar-refractivity contribution in [3.8, 4) is 5.69 Å². The molecule has 0 fully saturated rings. The van der Waals surface area contributed by atoms with Gasteiger partial charge in [-0.25, -0.2) is 4.68 Å². The summed E-state index contributed by atoms with van der Waals surface area (Å²) in [6.45, 7) is 3.70. The summed E-state index contributed by atoms with van der Waals surface area (Å²) in [5.74, 6) is 0.548. The monoisotopic (exact) mass is 286 g/mol. The van der Waals surface area contributed by atoms with Crippen molar-refractivity contribution in [3.05, 3.63) is 44.6 Å². The van der Waals surface area contributed by atoms with E-state index in [0.29, 0.717) is 11.4 Å². The molecule has 0 unspecified atom stereocenters. The first-order valence-corrected chi connectivity index (χ1v) is 7.11. The van der Waals surface area contributed by atoms with Crippen LogP contribution in [-0.4, -0.2) is 14.7 Å². The highest BCUT2D eigenvalue weighted by Crippen LogP contribution is 2.31. The molecule has 2 aromatic rings. The highest BCUT2D eigenvalue weighted by atomic mass is 16.6. The van der Waals surface area contributed by atoms with E-state index < -0.39 is 0 Å². The van der Waals surface area contributed by atoms with Crippen LogP contribution in [0.1, 0.15) is 35.2 Å². The van der Waals surface area contributed by atoms with E-state index in [1.54, 1.807) is 17.7 Å². The predicted molar refractivity (Wildman–Crippen MR) is 80.7 cm³/mol. The molecule has 21 heavy (non-hydrogen) atoms. The number of anilines is 1. The van der Waals surface area contributed by atoms with E-state index in [1.807, 2.05) is 13.0 Å². The molecule has 2 N–H and O–H groups in total. The third kappa shape index (κ3) is 2.16. The minimum absolute atomic E-state index is 0.120. The number of nitrogen functional groups attached to an aromatic ring is 1. The fourth-order valence-corrected chi connectivity index (χ4v) is 3.08. The quantitative estimate of drug-likeness (QED) is 0.679. The fraction of sp³-hybridized carbons (Fsp3) is 0.400. The number of nitrogens with two attached hydrogens (primary N) is 1. The van der Waals surface area contributed by atoms with E-state index in [1.165, 1.54) is 0 Å². The number of aromatic nitrogens is 2. The van der Waals surface area contributed by atoms with Crippen molar-refractivity contribution in [2.75, 3.05) is 5.73 Å². The molecule has 6 nitrogen and oxygen atoms in total. The SMILES string of the molecule is Cc1cc(C)c([N+](=O)[O-])cc1-n1nc(N)c2c1CCCC2. The Balaban J connectivity index is 2.21. The summed E-state index contributed by atoms with van der Waals surface area (Å²) < 4.78 is 1.80. The lowest BCUT2D eigenvalue weighted by Gasteiger charge is -2.15. The van der Waals surface area contributed by atoms with E-state index >= 15 is 0 Å². The molecule has 0 radical (unpaired) electrons. The van der Waals surface area contributed by atoms with Gasteiger partial charge in [-0.3, -0.25) is 10.1 Å². The Morgan fingerprint density at radius 2 is 1.95 bits per heavy atom. The molecular weight excluding hydrogens is 268 g/mol. The smallest absolute Gasteiger partial charge is 0.274 e. The van der Waals surface area contributed by atoms with Crippen molar-refractivity contribution in [2.45, 2.75) is 39.5 Å². The Hall–Kier alpha value is -2.37. The van der Waals surface area contributed by atoms with Gasteiger partial charge in [-0.05, 0) is 51.2 Å². The summed E-state index contributed by atoms with van der Waals surface area (Å²) in [4.78, 5) is 10.8. The number of hydrogen-bond acceptors (Lipinski definition) is 4. The van der Waals surface area contributed by atoms with Gasteiger partial charge in [0.2, 0.25) is 0 Å². The van der Waals surface area contributed by atoms with Gasteiger partial charge in [-0.15, -0.1) is 0 Å². The average molecular weight is 286 g/mol. The molecule has 0 amide bonds. The van der Waals surface area contributed by atoms with Crippen molar-refractivity contribution in [2.24, 2.45) is 0 Å². The second-order valence-corrected chi connectivity index (χ2v) is 5.61. The van der Waals surface area contributed by atoms with Crippen LogP contribution in [0.5, 0.6) is 0 Å². The van der Waals surface area contributed by atoms with Gasteiger partial charge in [0, 0.05) is 22.9 Å². The van der Waals surface area contributed by atoms with Crippen molar-refractivity contribution >= 4 is 11.5 Å². The largest absolute Gasteiger partial charge is 0.382 e. The van der Waals surface area contributed by atoms with Crippen molar-refractivity contribution in [1.82, 2.24) is 9.78 Å². The Bertz CT molecular complexity index is 734. The molecule has 6 heteroatoms. The summed E-state index contributed by atoms with van der Waals surface area (Å²) in [5, 5.41) is 15.6. The highest BCUT2D eigenvalue weighted by molar-refractivity contribution is 5.56. The van der Waals surface area contributed by atoms with Crippen LogP contribution in [0, 0.1) is 24.0 Å². The molecule has 1 aromatic carbocycles. The van der Waals surface area contributed by atoms with Gasteiger partial charge in [0.05, 0.1) is 10.6 Å². The van der Waals surface area contributed by atoms with Crippen LogP contribution in [0.4, 0.5) is 11.5 Å². The van der Waals surface area contributed by atoms with Crippen molar-refractivity contribution in [3.63, 3.8) is 0 Å². The Labute approximate surface area is 122 Å². The highest BCUT2D eigenvalue weighted by Gasteiger charge is 2.22. The van der Waals surface area contributed by atoms with Crippen molar-refractivity contribution in [1.29, 1.82) is 0 Å². The van der Waals surface area contributed by atoms with Gasteiger partial charge in [-0.1, -0.05) is 0 Å². The molecule has 1 aliphatic carbocycles. The number of nitro benzene ring substituents is 1. The van der Waals surface area contributed by atoms with Crippen LogP contribution in [0.25, 0.3) is 5.69 Å². The van der Waals surface area contributed by atoms with E-state index in [9.17, 15) is 10.1 Å². The number of rotatable bonds is 2. The molecule has 0 spiro atoms. The van der Waals surface area contributed by atoms with Gasteiger partial charge in [0.1, 0.15) is 5.82 Å². The third-order valence-corrected chi connectivity index (χ3v) is 4.15. The van der Waals surface area contributed by atoms with E-state index in [4.69, 9.17) is 5.73 Å². The second-order valence-electron chi connectivity index (χ2n) is 5.61. The normalized spacial score (nSPS) is 14.0. The van der Waals surface area contributed by atoms with E-state index in [0.717, 1.165) is 48.2 Å². The van der Waals surface area contributed by atoms with Gasteiger partial charge in [0.15, 0.2) is 0 Å². The Kier molecular flexibility index (Phi) is 3.16. The number of nitro groups is 1. The van der Waals surface area contributed by atoms with Crippen LogP contribution in [-0.2, 0) is 12.8 Å². The van der Waals surface area contributed by atoms with Gasteiger partial charge in [-0.2, -0.15) is 5.10 Å². The standard InChI is InChI=1S/C15H18N4O2/c1-9-7-10(2)14(19(20)21)8-13(9)18-12-6-4-3-5-11(12)15(16)17-18/h7-8H,3-6H2,1-2H3,(H2,16,17). The molecule has 0 bridgehead atoms. The maximum atomic E-state index is 11.2. The van der Waals surface area contributed by atoms with Gasteiger partial charge >= 0.3 is 0 Å². The first-order chi connectivity index (χ1) is 9.99. The zero-order chi connectivity index (χ0) is 15.1. The van der Waals surface area contributed by atoms with Gasteiger partial charge < -0.3 is 5.73 Å². The average Bonchev–Trinajstić information content (AvgIpc) is 2.76. The molecule has 1 aliphatic rings. The number of benzene rings is 1. The number of fused-ring (bicyclic) bond motifs is 1. The van der Waals surface area contributed by atoms with Crippen LogP contribution < -0.4 is 5.73 Å². The molecule has 1 heterocycles. The maximum Gasteiger partial charge on any atom is 0.274 e. The Morgan fingerprint density at radius 1 is 1.24 bits per heavy atom. The number of hydrogen-bond donors (Lipinski definition) is 1. The van der Waals surface area contributed by atoms with Gasteiger partial charge in [0.25, 0.3) is 5.69 Å². The predicted octanol–water partition coefficient (Wildman–Crippen LogP) is 2.86. The molecule has 0 saturated carbocycles. The van der Waals surface area contributed by atoms with E-state index in [2.05, 4.69) is 5.10 Å². The van der Waals surface area contributed by atoms with Crippen LogP contribution in [0.3, 0.4) is 0 Å². The lowest BCUT2D eigenvalue weighted by Crippen LogP contribution is -2.09. The third-order valence-electron chi connectivity index (χ3n) is 4.15. The molecule has 1 aromatic heterocycles. The zero-order valence-electron chi connectivity index (χ0n) is 12.2. The minimum atomic E-state index is -0.350. The topological polar surface area (TPSA) is 87.0 Å². The van der Waals surface area contributed by atoms with Crippen LogP contribution in [0.2, 0.25) is 0 Å². The summed E-state index contributed by atoms with van der Waals surface area (Å²) in [6, 6.07) is 3.44. The summed E-state index contributed by atoms with van der Waals surface area (Å²) in [6.07, 6.45) is 4.08. The summed E-state index contributed by atoms with van der Waals surface area (Å²) in [7, 11) is 0.